The smallest absolute Gasteiger partial charge is 0.303 e. The number of carbonyl (C=O) groups is 2. The van der Waals surface area contributed by atoms with E-state index in [1.54, 1.807) is 0 Å². The highest BCUT2D eigenvalue weighted by Crippen LogP contribution is 2.52. The maximum atomic E-state index is 12.6. The molecule has 2 N–H and O–H groups in total. The molecule has 0 amide bonds. The van der Waals surface area contributed by atoms with Gasteiger partial charge in [-0.15, -0.1) is 0 Å². The van der Waals surface area contributed by atoms with Crippen molar-refractivity contribution < 1.29 is 24.5 Å². The van der Waals surface area contributed by atoms with E-state index in [4.69, 9.17) is 9.84 Å². The number of ketones is 1. The second-order valence-corrected chi connectivity index (χ2v) is 9.28. The van der Waals surface area contributed by atoms with Crippen molar-refractivity contribution >= 4 is 11.8 Å². The van der Waals surface area contributed by atoms with Crippen LogP contribution in [0, 0.1) is 17.3 Å². The Labute approximate surface area is 170 Å². The fraction of sp³-hybridized carbons (Fsp3) is 0.913. The lowest BCUT2D eigenvalue weighted by molar-refractivity contribution is -0.320. The van der Waals surface area contributed by atoms with Crippen molar-refractivity contribution in [3.05, 3.63) is 0 Å². The van der Waals surface area contributed by atoms with Gasteiger partial charge in [-0.25, -0.2) is 0 Å². The summed E-state index contributed by atoms with van der Waals surface area (Å²) in [7, 11) is 0. The summed E-state index contributed by atoms with van der Waals surface area (Å²) < 4.78 is 6.29. The molecule has 2 aliphatic rings. The van der Waals surface area contributed by atoms with Gasteiger partial charge in [0.1, 0.15) is 5.78 Å². The normalized spacial score (nSPS) is 32.1. The van der Waals surface area contributed by atoms with Crippen LogP contribution >= 0.6 is 0 Å². The summed E-state index contributed by atoms with van der Waals surface area (Å²) >= 11 is 0. The minimum absolute atomic E-state index is 0.0533. The Hall–Kier alpha value is -0.940. The third kappa shape index (κ3) is 5.35. The van der Waals surface area contributed by atoms with Gasteiger partial charge >= 0.3 is 5.97 Å². The maximum Gasteiger partial charge on any atom is 0.303 e. The summed E-state index contributed by atoms with van der Waals surface area (Å²) in [6.45, 7) is 6.42. The summed E-state index contributed by atoms with van der Waals surface area (Å²) in [6.07, 6.45) is 10.4. The maximum absolute atomic E-state index is 12.6. The van der Waals surface area contributed by atoms with Gasteiger partial charge in [-0.05, 0) is 38.0 Å². The zero-order valence-electron chi connectivity index (χ0n) is 18.0. The van der Waals surface area contributed by atoms with Crippen molar-refractivity contribution in [2.75, 3.05) is 0 Å². The Bertz CT molecular complexity index is 533. The Balaban J connectivity index is 1.88. The van der Waals surface area contributed by atoms with Crippen LogP contribution in [0.25, 0.3) is 0 Å². The van der Waals surface area contributed by atoms with Gasteiger partial charge in [0, 0.05) is 30.6 Å². The number of ether oxygens (including phenoxy) is 1. The predicted molar refractivity (Wildman–Crippen MR) is 109 cm³/mol. The summed E-state index contributed by atoms with van der Waals surface area (Å²) in [5, 5.41) is 20.1. The van der Waals surface area contributed by atoms with E-state index in [0.29, 0.717) is 19.3 Å². The molecule has 0 aromatic carbocycles. The number of hydrogen-bond acceptors (Lipinski definition) is 4. The van der Waals surface area contributed by atoms with Crippen molar-refractivity contribution in [3.8, 4) is 0 Å². The van der Waals surface area contributed by atoms with Gasteiger partial charge in [0.15, 0.2) is 5.79 Å². The highest BCUT2D eigenvalue weighted by Gasteiger charge is 2.55. The second kappa shape index (κ2) is 10.2. The quantitative estimate of drug-likeness (QED) is 0.449. The molecule has 2 fully saturated rings. The third-order valence-electron chi connectivity index (χ3n) is 7.43. The molecule has 5 nitrogen and oxygen atoms in total. The molecule has 0 aromatic rings. The fourth-order valence-corrected chi connectivity index (χ4v) is 5.22. The highest BCUT2D eigenvalue weighted by atomic mass is 16.6. The number of aliphatic hydroxyl groups is 1. The minimum atomic E-state index is -1.12. The first-order valence-corrected chi connectivity index (χ1v) is 11.4. The molecule has 5 heteroatoms. The topological polar surface area (TPSA) is 83.8 Å². The second-order valence-electron chi connectivity index (χ2n) is 9.28. The Kier molecular flexibility index (Phi) is 8.50. The largest absolute Gasteiger partial charge is 0.481 e. The average Bonchev–Trinajstić information content (AvgIpc) is 2.96. The summed E-state index contributed by atoms with van der Waals surface area (Å²) in [4.78, 5) is 23.2. The average molecular weight is 397 g/mol. The first-order valence-electron chi connectivity index (χ1n) is 11.4. The van der Waals surface area contributed by atoms with Gasteiger partial charge in [0.05, 0.1) is 6.10 Å². The number of fused-ring (bicyclic) bond motifs is 1. The van der Waals surface area contributed by atoms with Crippen LogP contribution in [0.2, 0.25) is 0 Å². The van der Waals surface area contributed by atoms with Gasteiger partial charge in [-0.3, -0.25) is 9.59 Å². The van der Waals surface area contributed by atoms with Crippen LogP contribution in [0.1, 0.15) is 104 Å². The van der Waals surface area contributed by atoms with Gasteiger partial charge in [-0.1, -0.05) is 52.9 Å². The Morgan fingerprint density at radius 1 is 1.21 bits per heavy atom. The standard InChI is InChI=1S/C23H40O5/c1-4-6-14-22(3,5-2)23(27)15-13-18-17(19(24)16-20(18)28-23)11-9-7-8-10-12-21(25)26/h17-18,20,27H,4-16H2,1-3H3,(H,25,26)/t17-,18-,20-,22?,23?/m1/s1. The number of Topliss-reactive ketones (excluding diaryl/α,β-unsaturated/α-hetero) is 1. The van der Waals surface area contributed by atoms with E-state index in [1.165, 1.54) is 0 Å². The number of carbonyl (C=O) groups excluding carboxylic acids is 1. The number of aliphatic carboxylic acids is 1. The van der Waals surface area contributed by atoms with Gasteiger partial charge in [0.25, 0.3) is 0 Å². The molecule has 1 saturated carbocycles. The summed E-state index contributed by atoms with van der Waals surface area (Å²) in [6, 6.07) is 0. The molecule has 1 aliphatic heterocycles. The lowest BCUT2D eigenvalue weighted by atomic mass is 9.70. The van der Waals surface area contributed by atoms with Gasteiger partial charge in [0.2, 0.25) is 0 Å². The number of carboxylic acids is 1. The molecule has 1 aliphatic carbocycles. The lowest BCUT2D eigenvalue weighted by Crippen LogP contribution is -2.54. The van der Waals surface area contributed by atoms with Gasteiger partial charge < -0.3 is 14.9 Å². The summed E-state index contributed by atoms with van der Waals surface area (Å²) in [5.74, 6) is -1.28. The molecule has 0 aromatic heterocycles. The van der Waals surface area contributed by atoms with Crippen molar-refractivity contribution in [1.29, 1.82) is 0 Å². The monoisotopic (exact) mass is 396 g/mol. The molecule has 162 valence electrons. The van der Waals surface area contributed by atoms with Crippen LogP contribution < -0.4 is 0 Å². The number of rotatable bonds is 12. The number of hydrogen-bond donors (Lipinski definition) is 2. The molecule has 2 unspecified atom stereocenters. The lowest BCUT2D eigenvalue weighted by Gasteiger charge is -2.50. The van der Waals surface area contributed by atoms with Crippen molar-refractivity contribution in [2.45, 2.75) is 116 Å². The SMILES string of the molecule is CCCCC(C)(CC)C1(O)CC[C@H]2[C@@H](CC(=O)[C@@H]2CCCCCCC(=O)O)O1. The molecule has 0 spiro atoms. The number of carboxylic acid groups (broad SMARTS) is 1. The zero-order chi connectivity index (χ0) is 20.8. The van der Waals surface area contributed by atoms with Crippen molar-refractivity contribution in [2.24, 2.45) is 17.3 Å². The first-order chi connectivity index (χ1) is 13.3. The predicted octanol–water partition coefficient (Wildman–Crippen LogP) is 5.09. The molecule has 2 rings (SSSR count). The van der Waals surface area contributed by atoms with Crippen molar-refractivity contribution in [3.63, 3.8) is 0 Å². The van der Waals surface area contributed by atoms with Crippen LogP contribution in [0.3, 0.4) is 0 Å². The molecule has 0 radical (unpaired) electrons. The van der Waals surface area contributed by atoms with Crippen LogP contribution in [-0.2, 0) is 14.3 Å². The van der Waals surface area contributed by atoms with E-state index >= 15 is 0 Å². The van der Waals surface area contributed by atoms with Crippen LogP contribution in [0.15, 0.2) is 0 Å². The number of unbranched alkanes of at least 4 members (excludes halogenated alkanes) is 4. The molecular weight excluding hydrogens is 356 g/mol. The van der Waals surface area contributed by atoms with E-state index in [1.807, 2.05) is 0 Å². The van der Waals surface area contributed by atoms with Crippen LogP contribution in [0.5, 0.6) is 0 Å². The van der Waals surface area contributed by atoms with Crippen LogP contribution in [-0.4, -0.2) is 33.9 Å². The van der Waals surface area contributed by atoms with Crippen LogP contribution in [0.4, 0.5) is 0 Å². The third-order valence-corrected chi connectivity index (χ3v) is 7.43. The molecule has 28 heavy (non-hydrogen) atoms. The van der Waals surface area contributed by atoms with Crippen molar-refractivity contribution in [1.82, 2.24) is 0 Å². The molecule has 5 atom stereocenters. The van der Waals surface area contributed by atoms with Gasteiger partial charge in [-0.2, -0.15) is 0 Å². The van der Waals surface area contributed by atoms with E-state index < -0.39 is 11.8 Å². The highest BCUT2D eigenvalue weighted by molar-refractivity contribution is 5.84. The molecule has 1 saturated heterocycles. The van der Waals surface area contributed by atoms with E-state index in [-0.39, 0.29) is 35.6 Å². The fourth-order valence-electron chi connectivity index (χ4n) is 5.22. The van der Waals surface area contributed by atoms with E-state index in [0.717, 1.165) is 57.8 Å². The molecular formula is C23H40O5. The Morgan fingerprint density at radius 3 is 2.57 bits per heavy atom. The van der Waals surface area contributed by atoms with E-state index in [2.05, 4.69) is 20.8 Å². The summed E-state index contributed by atoms with van der Waals surface area (Å²) in [5.41, 5.74) is -0.265. The first kappa shape index (κ1) is 23.3. The minimum Gasteiger partial charge on any atom is -0.481 e. The zero-order valence-corrected chi connectivity index (χ0v) is 18.0. The van der Waals surface area contributed by atoms with E-state index in [9.17, 15) is 14.7 Å². The molecule has 0 bridgehead atoms. The molecule has 1 heterocycles. The Morgan fingerprint density at radius 2 is 1.93 bits per heavy atom.